The molecule has 1 aromatic rings. The summed E-state index contributed by atoms with van der Waals surface area (Å²) in [6.45, 7) is 0. The van der Waals surface area contributed by atoms with Gasteiger partial charge in [0.25, 0.3) is 0 Å². The van der Waals surface area contributed by atoms with Crippen molar-refractivity contribution in [2.45, 2.75) is 12.3 Å². The van der Waals surface area contributed by atoms with Gasteiger partial charge in [-0.15, -0.1) is 0 Å². The number of methoxy groups -OCH3 is 1. The van der Waals surface area contributed by atoms with E-state index in [4.69, 9.17) is 0 Å². The number of ether oxygens (including phenoxy) is 1. The largest absolute Gasteiger partial charge is 0.508 e. The predicted octanol–water partition coefficient (Wildman–Crippen LogP) is 0.991. The van der Waals surface area contributed by atoms with Crippen LogP contribution in [0, 0.1) is 0 Å². The van der Waals surface area contributed by atoms with Gasteiger partial charge < -0.3 is 15.2 Å². The van der Waals surface area contributed by atoms with Crippen molar-refractivity contribution in [1.29, 1.82) is 0 Å². The number of hydrogen-bond donors (Lipinski definition) is 2. The Kier molecular flexibility index (Phi) is 2.52. The summed E-state index contributed by atoms with van der Waals surface area (Å²) in [4.78, 5) is 22.7. The zero-order valence-electron chi connectivity index (χ0n) is 8.69. The quantitative estimate of drug-likeness (QED) is 0.576. The molecular weight excluding hydrogens is 210 g/mol. The maximum absolute atomic E-state index is 11.6. The number of carbonyl (C=O) groups excluding carboxylic acids is 2. The number of fused-ring (bicyclic) bond motifs is 1. The van der Waals surface area contributed by atoms with Gasteiger partial charge in [0.2, 0.25) is 5.91 Å². The summed E-state index contributed by atoms with van der Waals surface area (Å²) >= 11 is 0. The van der Waals surface area contributed by atoms with Crippen LogP contribution in [0.15, 0.2) is 18.2 Å². The number of carbonyl (C=O) groups is 2. The van der Waals surface area contributed by atoms with Crippen LogP contribution in [-0.2, 0) is 14.3 Å². The lowest BCUT2D eigenvalue weighted by Gasteiger charge is -2.06. The molecule has 0 aromatic heterocycles. The summed E-state index contributed by atoms with van der Waals surface area (Å²) in [6, 6.07) is 4.58. The normalized spacial score (nSPS) is 17.8. The van der Waals surface area contributed by atoms with Gasteiger partial charge in [-0.25, -0.2) is 0 Å². The van der Waals surface area contributed by atoms with Crippen LogP contribution in [-0.4, -0.2) is 24.1 Å². The van der Waals surface area contributed by atoms with E-state index in [0.29, 0.717) is 11.3 Å². The number of aromatic hydroxyl groups is 1. The first kappa shape index (κ1) is 10.5. The fourth-order valence-corrected chi connectivity index (χ4v) is 1.77. The Morgan fingerprint density at radius 1 is 1.56 bits per heavy atom. The minimum absolute atomic E-state index is 0.0151. The number of nitrogens with one attached hydrogen (secondary N) is 1. The first-order valence-electron chi connectivity index (χ1n) is 4.82. The van der Waals surface area contributed by atoms with Crippen LogP contribution >= 0.6 is 0 Å². The van der Waals surface area contributed by atoms with Gasteiger partial charge in [0.15, 0.2) is 0 Å². The third kappa shape index (κ3) is 1.71. The number of benzene rings is 1. The molecule has 1 aliphatic heterocycles. The second-order valence-corrected chi connectivity index (χ2v) is 3.59. The smallest absolute Gasteiger partial charge is 0.306 e. The van der Waals surface area contributed by atoms with Gasteiger partial charge in [0, 0.05) is 5.69 Å². The number of phenols is 1. The van der Waals surface area contributed by atoms with E-state index in [0.717, 1.165) is 0 Å². The number of rotatable bonds is 2. The standard InChI is InChI=1S/C11H11NO4/c1-16-10(14)5-8-7-4-6(13)2-3-9(7)12-11(8)15/h2-4,8,13H,5H2,1H3,(H,12,15)/t8-/m0/s1. The molecule has 5 heteroatoms. The van der Waals surface area contributed by atoms with E-state index < -0.39 is 11.9 Å². The van der Waals surface area contributed by atoms with E-state index in [-0.39, 0.29) is 18.1 Å². The Bertz CT molecular complexity index is 455. The Morgan fingerprint density at radius 3 is 3.00 bits per heavy atom. The molecule has 2 rings (SSSR count). The molecule has 1 atom stereocenters. The van der Waals surface area contributed by atoms with Gasteiger partial charge >= 0.3 is 5.97 Å². The van der Waals surface area contributed by atoms with Crippen LogP contribution < -0.4 is 5.32 Å². The first-order valence-corrected chi connectivity index (χ1v) is 4.82. The van der Waals surface area contributed by atoms with Gasteiger partial charge in [-0.3, -0.25) is 9.59 Å². The van der Waals surface area contributed by atoms with Crippen molar-refractivity contribution in [3.05, 3.63) is 23.8 Å². The van der Waals surface area contributed by atoms with Crippen molar-refractivity contribution in [3.63, 3.8) is 0 Å². The molecule has 0 bridgehead atoms. The van der Waals surface area contributed by atoms with E-state index in [9.17, 15) is 14.7 Å². The van der Waals surface area contributed by atoms with Crippen molar-refractivity contribution in [2.75, 3.05) is 12.4 Å². The van der Waals surface area contributed by atoms with Crippen molar-refractivity contribution >= 4 is 17.6 Å². The Balaban J connectivity index is 2.31. The van der Waals surface area contributed by atoms with Crippen molar-refractivity contribution in [1.82, 2.24) is 0 Å². The Hall–Kier alpha value is -2.04. The van der Waals surface area contributed by atoms with Crippen molar-refractivity contribution < 1.29 is 19.4 Å². The number of phenolic OH excluding ortho intramolecular Hbond substituents is 1. The van der Waals surface area contributed by atoms with Crippen molar-refractivity contribution in [3.8, 4) is 5.75 Å². The van der Waals surface area contributed by atoms with E-state index >= 15 is 0 Å². The molecule has 2 N–H and O–H groups in total. The second kappa shape index (κ2) is 3.84. The van der Waals surface area contributed by atoms with E-state index in [2.05, 4.69) is 10.1 Å². The molecule has 1 amide bonds. The highest BCUT2D eigenvalue weighted by molar-refractivity contribution is 6.04. The number of hydrogen-bond acceptors (Lipinski definition) is 4. The summed E-state index contributed by atoms with van der Waals surface area (Å²) in [5.41, 5.74) is 1.27. The molecule has 84 valence electrons. The van der Waals surface area contributed by atoms with E-state index in [1.807, 2.05) is 0 Å². The maximum Gasteiger partial charge on any atom is 0.306 e. The van der Waals surface area contributed by atoms with Gasteiger partial charge in [-0.2, -0.15) is 0 Å². The Labute approximate surface area is 92.0 Å². The summed E-state index contributed by atoms with van der Waals surface area (Å²) in [5.74, 6) is -1.19. The molecule has 0 unspecified atom stereocenters. The molecule has 0 saturated heterocycles. The highest BCUT2D eigenvalue weighted by Gasteiger charge is 2.32. The van der Waals surface area contributed by atoms with E-state index in [1.54, 1.807) is 6.07 Å². The molecule has 0 fully saturated rings. The molecule has 0 spiro atoms. The van der Waals surface area contributed by atoms with Crippen LogP contribution in [0.5, 0.6) is 5.75 Å². The van der Waals surface area contributed by atoms with Crippen LogP contribution in [0.4, 0.5) is 5.69 Å². The zero-order chi connectivity index (χ0) is 11.7. The van der Waals surface area contributed by atoms with Crippen LogP contribution in [0.3, 0.4) is 0 Å². The molecule has 0 aliphatic carbocycles. The van der Waals surface area contributed by atoms with E-state index in [1.165, 1.54) is 19.2 Å². The Morgan fingerprint density at radius 2 is 2.31 bits per heavy atom. The van der Waals surface area contributed by atoms with Gasteiger partial charge in [-0.1, -0.05) is 0 Å². The predicted molar refractivity (Wildman–Crippen MR) is 56.1 cm³/mol. The van der Waals surface area contributed by atoms with Gasteiger partial charge in [0.05, 0.1) is 19.4 Å². The monoisotopic (exact) mass is 221 g/mol. The number of esters is 1. The molecule has 1 heterocycles. The minimum Gasteiger partial charge on any atom is -0.508 e. The van der Waals surface area contributed by atoms with Gasteiger partial charge in [0.1, 0.15) is 5.75 Å². The summed E-state index contributed by atoms with van der Waals surface area (Å²) in [6.07, 6.45) is -0.0151. The van der Waals surface area contributed by atoms with Gasteiger partial charge in [-0.05, 0) is 23.8 Å². The highest BCUT2D eigenvalue weighted by Crippen LogP contribution is 2.36. The zero-order valence-corrected chi connectivity index (χ0v) is 8.69. The molecule has 0 radical (unpaired) electrons. The summed E-state index contributed by atoms with van der Waals surface area (Å²) in [7, 11) is 1.28. The lowest BCUT2D eigenvalue weighted by atomic mass is 9.97. The lowest BCUT2D eigenvalue weighted by Crippen LogP contribution is -2.16. The highest BCUT2D eigenvalue weighted by atomic mass is 16.5. The maximum atomic E-state index is 11.6. The first-order chi connectivity index (χ1) is 7.61. The fraction of sp³-hybridized carbons (Fsp3) is 0.273. The molecule has 16 heavy (non-hydrogen) atoms. The molecule has 1 aliphatic rings. The van der Waals surface area contributed by atoms with Crippen LogP contribution in [0.25, 0.3) is 0 Å². The number of amides is 1. The average Bonchev–Trinajstić information content (AvgIpc) is 2.55. The molecule has 0 saturated carbocycles. The third-order valence-corrected chi connectivity index (χ3v) is 2.58. The fourth-order valence-electron chi connectivity index (χ4n) is 1.77. The molecular formula is C11H11NO4. The summed E-state index contributed by atoms with van der Waals surface area (Å²) < 4.78 is 4.52. The van der Waals surface area contributed by atoms with Crippen LogP contribution in [0.1, 0.15) is 17.9 Å². The summed E-state index contributed by atoms with van der Waals surface area (Å²) in [5, 5.41) is 12.0. The van der Waals surface area contributed by atoms with Crippen LogP contribution in [0.2, 0.25) is 0 Å². The third-order valence-electron chi connectivity index (χ3n) is 2.58. The SMILES string of the molecule is COC(=O)C[C@@H]1C(=O)Nc2ccc(O)cc21. The molecule has 1 aromatic carbocycles. The van der Waals surface area contributed by atoms with Crippen molar-refractivity contribution in [2.24, 2.45) is 0 Å². The minimum atomic E-state index is -0.574. The lowest BCUT2D eigenvalue weighted by molar-refractivity contribution is -0.142. The molecule has 5 nitrogen and oxygen atoms in total. The topological polar surface area (TPSA) is 75.6 Å². The number of anilines is 1. The average molecular weight is 221 g/mol. The second-order valence-electron chi connectivity index (χ2n) is 3.59.